The summed E-state index contributed by atoms with van der Waals surface area (Å²) in [5.41, 5.74) is 3.14. The first-order valence-electron chi connectivity index (χ1n) is 12.1. The monoisotopic (exact) mass is 545 g/mol. The predicted octanol–water partition coefficient (Wildman–Crippen LogP) is 5.94. The molecule has 39 heavy (non-hydrogen) atoms. The topological polar surface area (TPSA) is 108 Å². The normalized spacial score (nSPS) is 12.1. The number of aromatic nitrogens is 3. The van der Waals surface area contributed by atoms with Gasteiger partial charge in [-0.25, -0.2) is 9.67 Å². The van der Waals surface area contributed by atoms with Gasteiger partial charge < -0.3 is 27.6 Å². The SMILES string of the molecule is COc1cc(COc2nn(-c3ccccc3)cc2/C=C/[S+](C)[O-])ccc1OCc1nc(-c2ccco2)oc1C. The molecule has 0 aliphatic carbocycles. The van der Waals surface area contributed by atoms with Crippen molar-refractivity contribution in [3.05, 3.63) is 101 Å². The fraction of sp³-hybridized carbons (Fsp3) is 0.172. The Kier molecular flexibility index (Phi) is 8.04. The number of oxazole rings is 1. The standard InChI is InChI=1S/C29H27N3O6S/c1-20-24(30-29(38-20)26-10-7-14-35-26)19-36-25-12-11-21(16-27(25)34-2)18-37-28-22(13-15-39(3)33)17-32(31-28)23-8-5-4-6-9-23/h4-17H,18-19H2,1-3H3/b15-13+. The van der Waals surface area contributed by atoms with Gasteiger partial charge in [0.05, 0.1) is 30.9 Å². The van der Waals surface area contributed by atoms with Crippen LogP contribution in [0.3, 0.4) is 0 Å². The molecule has 0 radical (unpaired) electrons. The Hall–Kier alpha value is -4.41. The third-order valence-electron chi connectivity index (χ3n) is 5.76. The van der Waals surface area contributed by atoms with E-state index in [2.05, 4.69) is 10.1 Å². The molecule has 0 aliphatic rings. The number of hydrogen-bond donors (Lipinski definition) is 0. The molecule has 0 bridgehead atoms. The van der Waals surface area contributed by atoms with Gasteiger partial charge in [0.25, 0.3) is 5.89 Å². The molecule has 0 N–H and O–H groups in total. The van der Waals surface area contributed by atoms with E-state index in [0.717, 1.165) is 16.8 Å². The quantitative estimate of drug-likeness (QED) is 0.188. The van der Waals surface area contributed by atoms with Crippen LogP contribution in [0.4, 0.5) is 0 Å². The second-order valence-corrected chi connectivity index (χ2v) is 9.80. The predicted molar refractivity (Wildman–Crippen MR) is 147 cm³/mol. The average molecular weight is 546 g/mol. The van der Waals surface area contributed by atoms with Crippen molar-refractivity contribution in [3.8, 4) is 34.7 Å². The Balaban J connectivity index is 1.28. The van der Waals surface area contributed by atoms with E-state index in [1.807, 2.05) is 61.7 Å². The average Bonchev–Trinajstić information content (AvgIpc) is 3.70. The molecule has 9 nitrogen and oxygen atoms in total. The lowest BCUT2D eigenvalue weighted by molar-refractivity contribution is 0.275. The zero-order valence-electron chi connectivity index (χ0n) is 21.7. The van der Waals surface area contributed by atoms with Crippen molar-refractivity contribution in [2.24, 2.45) is 0 Å². The van der Waals surface area contributed by atoms with Crippen molar-refractivity contribution in [2.45, 2.75) is 20.1 Å². The van der Waals surface area contributed by atoms with E-state index in [0.29, 0.717) is 40.5 Å². The van der Waals surface area contributed by atoms with Crippen molar-refractivity contribution in [1.82, 2.24) is 14.8 Å². The number of aryl methyl sites for hydroxylation is 1. The van der Waals surface area contributed by atoms with Crippen molar-refractivity contribution in [1.29, 1.82) is 0 Å². The van der Waals surface area contributed by atoms with Crippen LogP contribution < -0.4 is 14.2 Å². The van der Waals surface area contributed by atoms with E-state index in [1.54, 1.807) is 47.9 Å². The minimum Gasteiger partial charge on any atom is -0.612 e. The molecule has 0 spiro atoms. The van der Waals surface area contributed by atoms with Gasteiger partial charge >= 0.3 is 0 Å². The Labute approximate surface area is 228 Å². The Morgan fingerprint density at radius 2 is 1.87 bits per heavy atom. The molecule has 0 amide bonds. The molecule has 3 aromatic heterocycles. The Morgan fingerprint density at radius 3 is 2.62 bits per heavy atom. The summed E-state index contributed by atoms with van der Waals surface area (Å²) < 4.78 is 42.0. The van der Waals surface area contributed by atoms with Crippen LogP contribution in [0.25, 0.3) is 23.4 Å². The van der Waals surface area contributed by atoms with Crippen LogP contribution in [0, 0.1) is 6.92 Å². The largest absolute Gasteiger partial charge is 0.612 e. The van der Waals surface area contributed by atoms with Crippen LogP contribution in [-0.2, 0) is 24.4 Å². The maximum atomic E-state index is 11.6. The van der Waals surface area contributed by atoms with Gasteiger partial charge in [0.15, 0.2) is 17.3 Å². The van der Waals surface area contributed by atoms with Gasteiger partial charge in [-0.2, -0.15) is 0 Å². The van der Waals surface area contributed by atoms with E-state index < -0.39 is 11.2 Å². The summed E-state index contributed by atoms with van der Waals surface area (Å²) in [5, 5.41) is 6.19. The van der Waals surface area contributed by atoms with Crippen molar-refractivity contribution >= 4 is 17.3 Å². The molecule has 200 valence electrons. The summed E-state index contributed by atoms with van der Waals surface area (Å²) in [6, 6.07) is 18.8. The molecule has 0 saturated heterocycles. The van der Waals surface area contributed by atoms with Crippen LogP contribution in [-0.4, -0.2) is 32.7 Å². The number of para-hydroxylation sites is 1. The number of benzene rings is 2. The summed E-state index contributed by atoms with van der Waals surface area (Å²) in [6.45, 7) is 2.28. The van der Waals surface area contributed by atoms with E-state index in [9.17, 15) is 4.55 Å². The van der Waals surface area contributed by atoms with Crippen molar-refractivity contribution in [3.63, 3.8) is 0 Å². The second kappa shape index (κ2) is 12.0. The molecule has 0 saturated carbocycles. The molecule has 1 atom stereocenters. The highest BCUT2D eigenvalue weighted by Crippen LogP contribution is 2.31. The van der Waals surface area contributed by atoms with Crippen LogP contribution in [0.2, 0.25) is 0 Å². The molecule has 5 rings (SSSR count). The highest BCUT2D eigenvalue weighted by molar-refractivity contribution is 7.93. The fourth-order valence-corrected chi connectivity index (χ4v) is 4.10. The molecule has 0 aliphatic heterocycles. The van der Waals surface area contributed by atoms with Gasteiger partial charge in [0, 0.05) is 6.20 Å². The van der Waals surface area contributed by atoms with Crippen LogP contribution in [0.1, 0.15) is 22.6 Å². The fourth-order valence-electron chi connectivity index (χ4n) is 3.77. The van der Waals surface area contributed by atoms with Gasteiger partial charge in [-0.15, -0.1) is 5.10 Å². The Morgan fingerprint density at radius 1 is 1.03 bits per heavy atom. The first-order valence-corrected chi connectivity index (χ1v) is 13.7. The number of rotatable bonds is 11. The summed E-state index contributed by atoms with van der Waals surface area (Å²) in [5.74, 6) is 3.15. The van der Waals surface area contributed by atoms with Crippen molar-refractivity contribution in [2.75, 3.05) is 13.4 Å². The third kappa shape index (κ3) is 6.36. The lowest BCUT2D eigenvalue weighted by Crippen LogP contribution is -2.02. The van der Waals surface area contributed by atoms with Gasteiger partial charge in [-0.3, -0.25) is 0 Å². The molecule has 5 aromatic rings. The Bertz CT molecular complexity index is 1540. The first kappa shape index (κ1) is 26.2. The summed E-state index contributed by atoms with van der Waals surface area (Å²) in [6.07, 6.45) is 6.77. The maximum Gasteiger partial charge on any atom is 0.263 e. The minimum absolute atomic E-state index is 0.202. The molecule has 0 fully saturated rings. The molecule has 10 heteroatoms. The molecule has 2 aromatic carbocycles. The molecule has 3 heterocycles. The molecular weight excluding hydrogens is 518 g/mol. The van der Waals surface area contributed by atoms with Gasteiger partial charge in [-0.1, -0.05) is 24.3 Å². The lowest BCUT2D eigenvalue weighted by atomic mass is 10.2. The zero-order chi connectivity index (χ0) is 27.2. The number of furan rings is 1. The van der Waals surface area contributed by atoms with E-state index in [1.165, 1.54) is 0 Å². The van der Waals surface area contributed by atoms with Crippen LogP contribution >= 0.6 is 0 Å². The van der Waals surface area contributed by atoms with E-state index in [4.69, 9.17) is 23.0 Å². The van der Waals surface area contributed by atoms with Gasteiger partial charge in [-0.05, 0) is 66.1 Å². The second-order valence-electron chi connectivity index (χ2n) is 8.53. The van der Waals surface area contributed by atoms with Gasteiger partial charge in [0.1, 0.15) is 30.1 Å². The lowest BCUT2D eigenvalue weighted by Gasteiger charge is -2.12. The van der Waals surface area contributed by atoms with Crippen LogP contribution in [0.15, 0.2) is 87.4 Å². The summed E-state index contributed by atoms with van der Waals surface area (Å²) in [4.78, 5) is 4.48. The highest BCUT2D eigenvalue weighted by atomic mass is 32.2. The zero-order valence-corrected chi connectivity index (χ0v) is 22.5. The summed E-state index contributed by atoms with van der Waals surface area (Å²) >= 11 is -1.10. The minimum atomic E-state index is -1.10. The number of methoxy groups -OCH3 is 1. The number of nitrogens with zero attached hydrogens (tertiary/aromatic N) is 3. The van der Waals surface area contributed by atoms with E-state index >= 15 is 0 Å². The highest BCUT2D eigenvalue weighted by Gasteiger charge is 2.16. The molecule has 1 unspecified atom stereocenters. The maximum absolute atomic E-state index is 11.6. The number of ether oxygens (including phenoxy) is 3. The van der Waals surface area contributed by atoms with Crippen LogP contribution in [0.5, 0.6) is 17.4 Å². The van der Waals surface area contributed by atoms with Crippen molar-refractivity contribution < 1.29 is 27.6 Å². The van der Waals surface area contributed by atoms with Gasteiger partial charge in [0.2, 0.25) is 5.88 Å². The van der Waals surface area contributed by atoms with E-state index in [-0.39, 0.29) is 13.2 Å². The molecular formula is C29H27N3O6S. The first-order chi connectivity index (χ1) is 19.0. The summed E-state index contributed by atoms with van der Waals surface area (Å²) in [7, 11) is 1.58. The number of hydrogen-bond acceptors (Lipinski definition) is 8. The third-order valence-corrected chi connectivity index (χ3v) is 6.28. The smallest absolute Gasteiger partial charge is 0.263 e.